The summed E-state index contributed by atoms with van der Waals surface area (Å²) in [6.45, 7) is 7.06. The smallest absolute Gasteiger partial charge is 0.249 e. The van der Waals surface area contributed by atoms with Gasteiger partial charge in [-0.05, 0) is 25.0 Å². The molecular weight excluding hydrogens is 296 g/mol. The Morgan fingerprint density at radius 3 is 2.74 bits per heavy atom. The number of amides is 2. The quantitative estimate of drug-likeness (QED) is 0.855. The number of ether oxygens (including phenoxy) is 2. The number of anilines is 1. The second-order valence-electron chi connectivity index (χ2n) is 6.39. The maximum Gasteiger partial charge on any atom is 0.249 e. The molecule has 1 aromatic rings. The summed E-state index contributed by atoms with van der Waals surface area (Å²) in [6, 6.07) is 5.04. The van der Waals surface area contributed by atoms with Gasteiger partial charge < -0.3 is 19.3 Å². The van der Waals surface area contributed by atoms with E-state index in [9.17, 15) is 9.59 Å². The summed E-state index contributed by atoms with van der Waals surface area (Å²) >= 11 is 0. The van der Waals surface area contributed by atoms with E-state index in [1.807, 2.05) is 32.0 Å². The van der Waals surface area contributed by atoms with Gasteiger partial charge in [-0.15, -0.1) is 0 Å². The molecule has 0 aliphatic carbocycles. The highest BCUT2D eigenvalue weighted by Gasteiger charge is 2.35. The third-order valence-electron chi connectivity index (χ3n) is 4.23. The molecule has 0 saturated carbocycles. The van der Waals surface area contributed by atoms with Crippen LogP contribution in [0.15, 0.2) is 18.2 Å². The van der Waals surface area contributed by atoms with Gasteiger partial charge in [-0.3, -0.25) is 9.59 Å². The molecule has 23 heavy (non-hydrogen) atoms. The van der Waals surface area contributed by atoms with Gasteiger partial charge in [0.2, 0.25) is 18.6 Å². The standard InChI is InChI=1S/C17H22N2O4/c1-11(2)8-16(20)18-6-7-19(17(21)12(18)3)13-4-5-14-15(9-13)23-10-22-14/h4-5,9,11-12H,6-8,10H2,1-3H3/t12-/m1/s1. The van der Waals surface area contributed by atoms with Gasteiger partial charge in [0, 0.05) is 31.3 Å². The number of benzene rings is 1. The first-order chi connectivity index (χ1) is 11.0. The summed E-state index contributed by atoms with van der Waals surface area (Å²) in [7, 11) is 0. The Morgan fingerprint density at radius 2 is 2.00 bits per heavy atom. The SMILES string of the molecule is CC(C)CC(=O)N1CCN(c2ccc3c(c2)OCO3)C(=O)[C@H]1C. The number of carbonyl (C=O) groups excluding carboxylic acids is 2. The lowest BCUT2D eigenvalue weighted by Crippen LogP contribution is -2.57. The van der Waals surface area contributed by atoms with Crippen molar-refractivity contribution in [3.8, 4) is 11.5 Å². The molecule has 0 radical (unpaired) electrons. The van der Waals surface area contributed by atoms with E-state index in [4.69, 9.17) is 9.47 Å². The Morgan fingerprint density at radius 1 is 1.26 bits per heavy atom. The van der Waals surface area contributed by atoms with Crippen LogP contribution in [0.25, 0.3) is 0 Å². The molecule has 0 aromatic heterocycles. The summed E-state index contributed by atoms with van der Waals surface area (Å²) < 4.78 is 10.7. The molecule has 1 atom stereocenters. The van der Waals surface area contributed by atoms with Crippen molar-refractivity contribution in [3.63, 3.8) is 0 Å². The van der Waals surface area contributed by atoms with Gasteiger partial charge in [0.25, 0.3) is 0 Å². The number of fused-ring (bicyclic) bond motifs is 1. The molecule has 124 valence electrons. The Hall–Kier alpha value is -2.24. The van der Waals surface area contributed by atoms with Crippen molar-refractivity contribution in [2.75, 3.05) is 24.8 Å². The van der Waals surface area contributed by atoms with E-state index >= 15 is 0 Å². The normalized spacial score (nSPS) is 20.3. The van der Waals surface area contributed by atoms with E-state index in [-0.39, 0.29) is 24.5 Å². The lowest BCUT2D eigenvalue weighted by atomic mass is 10.1. The van der Waals surface area contributed by atoms with Crippen LogP contribution in [0.2, 0.25) is 0 Å². The summed E-state index contributed by atoms with van der Waals surface area (Å²) in [5.41, 5.74) is 0.780. The van der Waals surface area contributed by atoms with Crippen molar-refractivity contribution in [2.24, 2.45) is 5.92 Å². The van der Waals surface area contributed by atoms with Crippen molar-refractivity contribution in [1.29, 1.82) is 0 Å². The van der Waals surface area contributed by atoms with Crippen LogP contribution in [0.3, 0.4) is 0 Å². The second kappa shape index (κ2) is 6.10. The van der Waals surface area contributed by atoms with E-state index in [1.54, 1.807) is 16.7 Å². The van der Waals surface area contributed by atoms with Gasteiger partial charge in [-0.25, -0.2) is 0 Å². The monoisotopic (exact) mass is 318 g/mol. The van der Waals surface area contributed by atoms with Crippen molar-refractivity contribution >= 4 is 17.5 Å². The Bertz CT molecular complexity index is 629. The van der Waals surface area contributed by atoms with Crippen LogP contribution in [0.4, 0.5) is 5.69 Å². The molecule has 2 aliphatic heterocycles. The second-order valence-corrected chi connectivity index (χ2v) is 6.39. The zero-order valence-corrected chi connectivity index (χ0v) is 13.7. The highest BCUT2D eigenvalue weighted by atomic mass is 16.7. The van der Waals surface area contributed by atoms with E-state index in [2.05, 4.69) is 0 Å². The van der Waals surface area contributed by atoms with Crippen molar-refractivity contribution in [1.82, 2.24) is 4.90 Å². The predicted octanol–water partition coefficient (Wildman–Crippen LogP) is 2.03. The van der Waals surface area contributed by atoms with Crippen molar-refractivity contribution in [2.45, 2.75) is 33.2 Å². The van der Waals surface area contributed by atoms with Crippen LogP contribution in [0.5, 0.6) is 11.5 Å². The average molecular weight is 318 g/mol. The molecule has 0 unspecified atom stereocenters. The summed E-state index contributed by atoms with van der Waals surface area (Å²) in [5.74, 6) is 1.62. The largest absolute Gasteiger partial charge is 0.454 e. The zero-order chi connectivity index (χ0) is 16.6. The molecule has 2 amide bonds. The fourth-order valence-corrected chi connectivity index (χ4v) is 2.99. The van der Waals surface area contributed by atoms with E-state index in [0.717, 1.165) is 5.69 Å². The summed E-state index contributed by atoms with van der Waals surface area (Å²) in [5, 5.41) is 0. The molecule has 0 bridgehead atoms. The van der Waals surface area contributed by atoms with E-state index in [0.29, 0.717) is 31.0 Å². The molecule has 2 heterocycles. The van der Waals surface area contributed by atoms with Crippen LogP contribution in [-0.2, 0) is 9.59 Å². The molecule has 0 spiro atoms. The number of rotatable bonds is 3. The molecule has 1 saturated heterocycles. The third-order valence-corrected chi connectivity index (χ3v) is 4.23. The Balaban J connectivity index is 1.75. The Labute approximate surface area is 136 Å². The minimum Gasteiger partial charge on any atom is -0.454 e. The van der Waals surface area contributed by atoms with Crippen LogP contribution in [-0.4, -0.2) is 42.6 Å². The fourth-order valence-electron chi connectivity index (χ4n) is 2.99. The van der Waals surface area contributed by atoms with Gasteiger partial charge in [0.1, 0.15) is 6.04 Å². The molecule has 6 heteroatoms. The lowest BCUT2D eigenvalue weighted by molar-refractivity contribution is -0.141. The third kappa shape index (κ3) is 2.98. The van der Waals surface area contributed by atoms with E-state index in [1.165, 1.54) is 0 Å². The zero-order valence-electron chi connectivity index (χ0n) is 13.7. The minimum absolute atomic E-state index is 0.0474. The van der Waals surface area contributed by atoms with Crippen LogP contribution in [0, 0.1) is 5.92 Å². The van der Waals surface area contributed by atoms with Crippen LogP contribution < -0.4 is 14.4 Å². The van der Waals surface area contributed by atoms with Crippen molar-refractivity contribution < 1.29 is 19.1 Å². The van der Waals surface area contributed by atoms with Crippen LogP contribution >= 0.6 is 0 Å². The molecular formula is C17H22N2O4. The van der Waals surface area contributed by atoms with Gasteiger partial charge in [-0.2, -0.15) is 0 Å². The maximum absolute atomic E-state index is 12.7. The lowest BCUT2D eigenvalue weighted by Gasteiger charge is -2.39. The van der Waals surface area contributed by atoms with Crippen LogP contribution in [0.1, 0.15) is 27.2 Å². The molecule has 2 aliphatic rings. The van der Waals surface area contributed by atoms with Gasteiger partial charge in [0.05, 0.1) is 0 Å². The fraction of sp³-hybridized carbons (Fsp3) is 0.529. The van der Waals surface area contributed by atoms with E-state index < -0.39 is 6.04 Å². The topological polar surface area (TPSA) is 59.1 Å². The maximum atomic E-state index is 12.7. The molecule has 1 fully saturated rings. The van der Waals surface area contributed by atoms with Crippen molar-refractivity contribution in [3.05, 3.63) is 18.2 Å². The number of hydrogen-bond acceptors (Lipinski definition) is 4. The first-order valence-electron chi connectivity index (χ1n) is 7.98. The highest BCUT2D eigenvalue weighted by molar-refractivity contribution is 6.00. The first kappa shape index (κ1) is 15.6. The summed E-state index contributed by atoms with van der Waals surface area (Å²) in [6.07, 6.45) is 0.474. The summed E-state index contributed by atoms with van der Waals surface area (Å²) in [4.78, 5) is 28.4. The molecule has 3 rings (SSSR count). The highest BCUT2D eigenvalue weighted by Crippen LogP contribution is 2.36. The number of piperazine rings is 1. The number of hydrogen-bond donors (Lipinski definition) is 0. The first-order valence-corrected chi connectivity index (χ1v) is 7.98. The van der Waals surface area contributed by atoms with Gasteiger partial charge >= 0.3 is 0 Å². The van der Waals surface area contributed by atoms with Gasteiger partial charge in [-0.1, -0.05) is 13.8 Å². The average Bonchev–Trinajstić information content (AvgIpc) is 2.96. The number of carbonyl (C=O) groups is 2. The molecule has 6 nitrogen and oxygen atoms in total. The Kier molecular flexibility index (Phi) is 4.15. The molecule has 0 N–H and O–H groups in total. The number of nitrogens with zero attached hydrogens (tertiary/aromatic N) is 2. The molecule has 1 aromatic carbocycles. The predicted molar refractivity (Wildman–Crippen MR) is 85.5 cm³/mol. The van der Waals surface area contributed by atoms with Gasteiger partial charge in [0.15, 0.2) is 11.5 Å². The minimum atomic E-state index is -0.444.